The maximum absolute atomic E-state index is 5.93. The molecular formula is C14H22N2. The average molecular weight is 218 g/mol. The number of nitrogens with two attached hydrogens (primary N) is 1. The van der Waals surface area contributed by atoms with Gasteiger partial charge >= 0.3 is 0 Å². The van der Waals surface area contributed by atoms with Gasteiger partial charge < -0.3 is 5.73 Å². The molecule has 1 aromatic rings. The fourth-order valence-corrected chi connectivity index (χ4v) is 2.47. The second-order valence-electron chi connectivity index (χ2n) is 5.76. The number of likely N-dealkylation sites (tertiary alicyclic amines) is 1. The van der Waals surface area contributed by atoms with Crippen molar-refractivity contribution in [2.75, 3.05) is 18.8 Å². The van der Waals surface area contributed by atoms with E-state index in [0.29, 0.717) is 5.41 Å². The van der Waals surface area contributed by atoms with Gasteiger partial charge in [0.05, 0.1) is 0 Å². The molecule has 1 aromatic carbocycles. The van der Waals surface area contributed by atoms with Crippen LogP contribution in [0.15, 0.2) is 18.2 Å². The number of hydrogen-bond donors (Lipinski definition) is 1. The van der Waals surface area contributed by atoms with Gasteiger partial charge in [-0.25, -0.2) is 0 Å². The number of anilines is 1. The van der Waals surface area contributed by atoms with Crippen LogP contribution in [0, 0.1) is 12.3 Å². The van der Waals surface area contributed by atoms with E-state index in [2.05, 4.69) is 37.8 Å². The summed E-state index contributed by atoms with van der Waals surface area (Å²) in [6, 6.07) is 6.22. The summed E-state index contributed by atoms with van der Waals surface area (Å²) in [6.07, 6.45) is 1.30. The van der Waals surface area contributed by atoms with Crippen LogP contribution in [0.1, 0.15) is 31.4 Å². The zero-order valence-electron chi connectivity index (χ0n) is 10.6. The molecule has 0 radical (unpaired) electrons. The summed E-state index contributed by atoms with van der Waals surface area (Å²) in [5.74, 6) is 0. The van der Waals surface area contributed by atoms with Crippen molar-refractivity contribution in [1.82, 2.24) is 4.90 Å². The normalized spacial score (nSPS) is 20.2. The van der Waals surface area contributed by atoms with Crippen molar-refractivity contribution >= 4 is 5.69 Å². The lowest BCUT2D eigenvalue weighted by molar-refractivity contribution is 0.284. The molecule has 0 atom stereocenters. The summed E-state index contributed by atoms with van der Waals surface area (Å²) in [6.45, 7) is 10.3. The molecule has 1 fully saturated rings. The van der Waals surface area contributed by atoms with Crippen molar-refractivity contribution in [3.63, 3.8) is 0 Å². The molecule has 1 heterocycles. The highest BCUT2D eigenvalue weighted by Gasteiger charge is 2.29. The van der Waals surface area contributed by atoms with Gasteiger partial charge in [-0.15, -0.1) is 0 Å². The monoisotopic (exact) mass is 218 g/mol. The largest absolute Gasteiger partial charge is 0.399 e. The molecule has 2 nitrogen and oxygen atoms in total. The number of benzene rings is 1. The Labute approximate surface area is 98.4 Å². The van der Waals surface area contributed by atoms with E-state index >= 15 is 0 Å². The summed E-state index contributed by atoms with van der Waals surface area (Å²) < 4.78 is 0. The Morgan fingerprint density at radius 1 is 1.38 bits per heavy atom. The minimum Gasteiger partial charge on any atom is -0.399 e. The molecule has 0 spiro atoms. The van der Waals surface area contributed by atoms with E-state index in [1.807, 2.05) is 6.07 Å². The number of nitrogen functional groups attached to an aromatic ring is 1. The standard InChI is InChI=1S/C14H22N2/c1-11-12(5-4-6-13(11)15)9-16-8-7-14(2,3)10-16/h4-6H,7-10,15H2,1-3H3. The Morgan fingerprint density at radius 2 is 2.12 bits per heavy atom. The summed E-state index contributed by atoms with van der Waals surface area (Å²) >= 11 is 0. The van der Waals surface area contributed by atoms with Gasteiger partial charge in [0, 0.05) is 18.8 Å². The molecule has 0 aromatic heterocycles. The van der Waals surface area contributed by atoms with E-state index in [9.17, 15) is 0 Å². The Morgan fingerprint density at radius 3 is 2.75 bits per heavy atom. The Balaban J connectivity index is 2.08. The molecule has 1 saturated heterocycles. The predicted molar refractivity (Wildman–Crippen MR) is 69.3 cm³/mol. The molecule has 0 saturated carbocycles. The van der Waals surface area contributed by atoms with Crippen LogP contribution in [-0.2, 0) is 6.54 Å². The molecule has 2 heteroatoms. The summed E-state index contributed by atoms with van der Waals surface area (Å²) in [5, 5.41) is 0. The summed E-state index contributed by atoms with van der Waals surface area (Å²) in [7, 11) is 0. The first-order valence-corrected chi connectivity index (χ1v) is 6.04. The van der Waals surface area contributed by atoms with E-state index in [0.717, 1.165) is 12.2 Å². The van der Waals surface area contributed by atoms with Crippen molar-refractivity contribution < 1.29 is 0 Å². The molecule has 88 valence electrons. The zero-order chi connectivity index (χ0) is 11.8. The highest BCUT2D eigenvalue weighted by molar-refractivity contribution is 5.49. The van der Waals surface area contributed by atoms with Gasteiger partial charge in [0.15, 0.2) is 0 Å². The summed E-state index contributed by atoms with van der Waals surface area (Å²) in [4.78, 5) is 2.53. The smallest absolute Gasteiger partial charge is 0.0346 e. The number of rotatable bonds is 2. The minimum atomic E-state index is 0.480. The molecule has 16 heavy (non-hydrogen) atoms. The Bertz CT molecular complexity index is 382. The first-order valence-electron chi connectivity index (χ1n) is 6.04. The van der Waals surface area contributed by atoms with E-state index in [4.69, 9.17) is 5.73 Å². The first kappa shape index (κ1) is 11.5. The highest BCUT2D eigenvalue weighted by atomic mass is 15.1. The fourth-order valence-electron chi connectivity index (χ4n) is 2.47. The van der Waals surface area contributed by atoms with Crippen LogP contribution in [0.3, 0.4) is 0 Å². The van der Waals surface area contributed by atoms with Crippen LogP contribution in [0.25, 0.3) is 0 Å². The van der Waals surface area contributed by atoms with Crippen molar-refractivity contribution in [2.24, 2.45) is 5.41 Å². The second kappa shape index (κ2) is 4.10. The van der Waals surface area contributed by atoms with Crippen LogP contribution >= 0.6 is 0 Å². The van der Waals surface area contributed by atoms with Gasteiger partial charge in [-0.05, 0) is 42.5 Å². The highest BCUT2D eigenvalue weighted by Crippen LogP contribution is 2.30. The van der Waals surface area contributed by atoms with Gasteiger partial charge in [0.1, 0.15) is 0 Å². The lowest BCUT2D eigenvalue weighted by Crippen LogP contribution is -2.23. The van der Waals surface area contributed by atoms with E-state index in [1.54, 1.807) is 0 Å². The van der Waals surface area contributed by atoms with Crippen molar-refractivity contribution in [3.05, 3.63) is 29.3 Å². The third-order valence-corrected chi connectivity index (χ3v) is 3.64. The average Bonchev–Trinajstić information content (AvgIpc) is 2.53. The van der Waals surface area contributed by atoms with E-state index < -0.39 is 0 Å². The molecule has 1 aliphatic rings. The Kier molecular flexibility index (Phi) is 2.94. The maximum atomic E-state index is 5.93. The first-order chi connectivity index (χ1) is 7.48. The van der Waals surface area contributed by atoms with Crippen LogP contribution < -0.4 is 5.73 Å². The SMILES string of the molecule is Cc1c(N)cccc1CN1CCC(C)(C)C1. The van der Waals surface area contributed by atoms with Crippen LogP contribution in [-0.4, -0.2) is 18.0 Å². The van der Waals surface area contributed by atoms with E-state index in [-0.39, 0.29) is 0 Å². The molecule has 0 unspecified atom stereocenters. The van der Waals surface area contributed by atoms with Crippen molar-refractivity contribution in [2.45, 2.75) is 33.7 Å². The number of nitrogens with zero attached hydrogens (tertiary/aromatic N) is 1. The maximum Gasteiger partial charge on any atom is 0.0346 e. The number of hydrogen-bond acceptors (Lipinski definition) is 2. The summed E-state index contributed by atoms with van der Waals surface area (Å²) in [5.41, 5.74) is 9.94. The van der Waals surface area contributed by atoms with Gasteiger partial charge in [-0.1, -0.05) is 26.0 Å². The predicted octanol–water partition coefficient (Wildman–Crippen LogP) is 2.81. The van der Waals surface area contributed by atoms with Crippen molar-refractivity contribution in [1.29, 1.82) is 0 Å². The van der Waals surface area contributed by atoms with Gasteiger partial charge in [0.25, 0.3) is 0 Å². The fraction of sp³-hybridized carbons (Fsp3) is 0.571. The molecule has 0 aliphatic carbocycles. The van der Waals surface area contributed by atoms with Gasteiger partial charge in [-0.2, -0.15) is 0 Å². The quantitative estimate of drug-likeness (QED) is 0.773. The third-order valence-electron chi connectivity index (χ3n) is 3.64. The van der Waals surface area contributed by atoms with Crippen LogP contribution in [0.5, 0.6) is 0 Å². The molecule has 2 rings (SSSR count). The molecule has 2 N–H and O–H groups in total. The zero-order valence-corrected chi connectivity index (χ0v) is 10.6. The molecule has 1 aliphatic heterocycles. The Hall–Kier alpha value is -1.02. The van der Waals surface area contributed by atoms with Gasteiger partial charge in [-0.3, -0.25) is 4.90 Å². The van der Waals surface area contributed by atoms with Gasteiger partial charge in [0.2, 0.25) is 0 Å². The molecule has 0 amide bonds. The topological polar surface area (TPSA) is 29.3 Å². The third kappa shape index (κ3) is 2.38. The van der Waals surface area contributed by atoms with E-state index in [1.165, 1.54) is 30.6 Å². The lowest BCUT2D eigenvalue weighted by Gasteiger charge is -2.20. The minimum absolute atomic E-state index is 0.480. The van der Waals surface area contributed by atoms with Crippen molar-refractivity contribution in [3.8, 4) is 0 Å². The van der Waals surface area contributed by atoms with Crippen LogP contribution in [0.4, 0.5) is 5.69 Å². The second-order valence-corrected chi connectivity index (χ2v) is 5.76. The van der Waals surface area contributed by atoms with Crippen LogP contribution in [0.2, 0.25) is 0 Å². The molecular weight excluding hydrogens is 196 g/mol. The lowest BCUT2D eigenvalue weighted by atomic mass is 9.93. The molecule has 0 bridgehead atoms.